The highest BCUT2D eigenvalue weighted by Gasteiger charge is 2.18. The SMILES string of the molecule is Nc1ncc(Br)nc1C(=O)Nc1nc2ccccc2n1CCc1ccccn1. The van der Waals surface area contributed by atoms with Crippen LogP contribution < -0.4 is 11.1 Å². The largest absolute Gasteiger partial charge is 0.382 e. The molecule has 0 radical (unpaired) electrons. The van der Waals surface area contributed by atoms with Crippen molar-refractivity contribution in [3.05, 3.63) is 70.8 Å². The van der Waals surface area contributed by atoms with Crippen molar-refractivity contribution in [1.82, 2.24) is 24.5 Å². The Morgan fingerprint density at radius 3 is 2.75 bits per heavy atom. The second kappa shape index (κ2) is 7.73. The molecule has 0 fully saturated rings. The average molecular weight is 438 g/mol. The molecule has 0 spiro atoms. The Morgan fingerprint density at radius 1 is 1.11 bits per heavy atom. The molecule has 3 aromatic heterocycles. The van der Waals surface area contributed by atoms with Crippen LogP contribution in [-0.4, -0.2) is 30.4 Å². The van der Waals surface area contributed by atoms with E-state index in [2.05, 4.69) is 41.2 Å². The number of nitrogens with two attached hydrogens (primary N) is 1. The number of benzene rings is 1. The summed E-state index contributed by atoms with van der Waals surface area (Å²) in [5, 5.41) is 2.81. The fourth-order valence-electron chi connectivity index (χ4n) is 2.87. The fourth-order valence-corrected chi connectivity index (χ4v) is 3.15. The summed E-state index contributed by atoms with van der Waals surface area (Å²) in [7, 11) is 0. The number of fused-ring (bicyclic) bond motifs is 1. The van der Waals surface area contributed by atoms with Gasteiger partial charge in [-0.05, 0) is 40.2 Å². The van der Waals surface area contributed by atoms with E-state index in [0.29, 0.717) is 23.5 Å². The van der Waals surface area contributed by atoms with Gasteiger partial charge in [0.05, 0.1) is 17.2 Å². The lowest BCUT2D eigenvalue weighted by Crippen LogP contribution is -2.20. The molecule has 0 aliphatic carbocycles. The number of aromatic nitrogens is 5. The topological polar surface area (TPSA) is 112 Å². The van der Waals surface area contributed by atoms with E-state index in [-0.39, 0.29) is 11.5 Å². The van der Waals surface area contributed by atoms with Gasteiger partial charge in [-0.25, -0.2) is 15.0 Å². The predicted octanol–water partition coefficient (Wildman–Crippen LogP) is 3.06. The third-order valence-corrected chi connectivity index (χ3v) is 4.57. The van der Waals surface area contributed by atoms with Gasteiger partial charge in [0.1, 0.15) is 4.60 Å². The molecule has 140 valence electrons. The van der Waals surface area contributed by atoms with Gasteiger partial charge >= 0.3 is 0 Å². The van der Waals surface area contributed by atoms with Crippen LogP contribution in [0.1, 0.15) is 16.2 Å². The number of hydrogen-bond donors (Lipinski definition) is 2. The highest BCUT2D eigenvalue weighted by molar-refractivity contribution is 9.10. The number of nitrogens with one attached hydrogen (secondary N) is 1. The van der Waals surface area contributed by atoms with Gasteiger partial charge in [0.15, 0.2) is 11.5 Å². The number of anilines is 2. The first kappa shape index (κ1) is 18.1. The molecule has 0 aliphatic heterocycles. The number of carbonyl (C=O) groups is 1. The van der Waals surface area contributed by atoms with Crippen molar-refractivity contribution in [2.45, 2.75) is 13.0 Å². The van der Waals surface area contributed by atoms with Crippen LogP contribution >= 0.6 is 15.9 Å². The zero-order valence-electron chi connectivity index (χ0n) is 14.7. The van der Waals surface area contributed by atoms with Crippen LogP contribution in [0.25, 0.3) is 11.0 Å². The molecular formula is C19H16BrN7O. The second-order valence-electron chi connectivity index (χ2n) is 6.03. The molecular weight excluding hydrogens is 422 g/mol. The summed E-state index contributed by atoms with van der Waals surface area (Å²) in [5.41, 5.74) is 8.50. The Balaban J connectivity index is 1.66. The summed E-state index contributed by atoms with van der Waals surface area (Å²) < 4.78 is 2.37. The standard InChI is InChI=1S/C19H16BrN7O/c20-15-11-23-17(21)16(25-15)18(28)26-19-24-13-6-1-2-7-14(13)27(19)10-8-12-5-3-4-9-22-12/h1-7,9,11H,8,10H2,(H2,21,23)(H,24,26,28). The highest BCUT2D eigenvalue weighted by atomic mass is 79.9. The maximum Gasteiger partial charge on any atom is 0.280 e. The first-order valence-electron chi connectivity index (χ1n) is 8.56. The summed E-state index contributed by atoms with van der Waals surface area (Å²) >= 11 is 3.21. The molecule has 9 heteroatoms. The number of pyridine rings is 1. The van der Waals surface area contributed by atoms with Crippen molar-refractivity contribution in [3.8, 4) is 0 Å². The number of imidazole rings is 1. The minimum atomic E-state index is -0.472. The number of nitrogens with zero attached hydrogens (tertiary/aromatic N) is 5. The zero-order chi connectivity index (χ0) is 19.5. The van der Waals surface area contributed by atoms with Crippen LogP contribution in [0, 0.1) is 0 Å². The van der Waals surface area contributed by atoms with Gasteiger partial charge in [-0.2, -0.15) is 0 Å². The molecule has 0 unspecified atom stereocenters. The predicted molar refractivity (Wildman–Crippen MR) is 110 cm³/mol. The Morgan fingerprint density at radius 2 is 1.93 bits per heavy atom. The molecule has 28 heavy (non-hydrogen) atoms. The Bertz CT molecular complexity index is 1140. The smallest absolute Gasteiger partial charge is 0.280 e. The molecule has 3 N–H and O–H groups in total. The maximum atomic E-state index is 12.7. The number of halogens is 1. The third kappa shape index (κ3) is 3.70. The molecule has 3 heterocycles. The Hall–Kier alpha value is -3.33. The van der Waals surface area contributed by atoms with Crippen LogP contribution in [0.15, 0.2) is 59.5 Å². The van der Waals surface area contributed by atoms with Gasteiger partial charge in [-0.15, -0.1) is 0 Å². The second-order valence-corrected chi connectivity index (χ2v) is 6.84. The number of nitrogen functional groups attached to an aromatic ring is 1. The van der Waals surface area contributed by atoms with Crippen molar-refractivity contribution in [2.75, 3.05) is 11.1 Å². The minimum absolute atomic E-state index is 0.0395. The normalized spacial score (nSPS) is 10.9. The van der Waals surface area contributed by atoms with Crippen molar-refractivity contribution in [3.63, 3.8) is 0 Å². The molecule has 1 aromatic carbocycles. The monoisotopic (exact) mass is 437 g/mol. The summed E-state index contributed by atoms with van der Waals surface area (Å²) in [6.07, 6.45) is 3.90. The molecule has 1 amide bonds. The lowest BCUT2D eigenvalue weighted by atomic mass is 10.2. The van der Waals surface area contributed by atoms with Crippen molar-refractivity contribution < 1.29 is 4.79 Å². The van der Waals surface area contributed by atoms with Crippen molar-refractivity contribution in [1.29, 1.82) is 0 Å². The van der Waals surface area contributed by atoms with Gasteiger partial charge in [-0.3, -0.25) is 15.1 Å². The van der Waals surface area contributed by atoms with E-state index in [4.69, 9.17) is 5.73 Å². The summed E-state index contributed by atoms with van der Waals surface area (Å²) in [5.74, 6) is 0.000783. The molecule has 0 bridgehead atoms. The molecule has 0 saturated heterocycles. The van der Waals surface area contributed by atoms with E-state index >= 15 is 0 Å². The van der Waals surface area contributed by atoms with Gasteiger partial charge in [0.25, 0.3) is 5.91 Å². The number of para-hydroxylation sites is 2. The van der Waals surface area contributed by atoms with Crippen molar-refractivity contribution in [2.24, 2.45) is 0 Å². The van der Waals surface area contributed by atoms with Crippen LogP contribution in [0.5, 0.6) is 0 Å². The number of aryl methyl sites for hydroxylation is 2. The van der Waals surface area contributed by atoms with Crippen molar-refractivity contribution >= 4 is 44.6 Å². The van der Waals surface area contributed by atoms with E-state index in [9.17, 15) is 4.79 Å². The highest BCUT2D eigenvalue weighted by Crippen LogP contribution is 2.21. The molecule has 4 aromatic rings. The lowest BCUT2D eigenvalue weighted by molar-refractivity contribution is 0.102. The van der Waals surface area contributed by atoms with Crippen LogP contribution in [0.3, 0.4) is 0 Å². The van der Waals surface area contributed by atoms with Gasteiger partial charge in [0.2, 0.25) is 5.95 Å². The van der Waals surface area contributed by atoms with E-state index in [1.165, 1.54) is 6.20 Å². The van der Waals surface area contributed by atoms with Crippen LogP contribution in [0.4, 0.5) is 11.8 Å². The third-order valence-electron chi connectivity index (χ3n) is 4.18. The van der Waals surface area contributed by atoms with E-state index in [0.717, 1.165) is 16.7 Å². The number of rotatable bonds is 5. The summed E-state index contributed by atoms with van der Waals surface area (Å²) in [6, 6.07) is 13.5. The molecule has 4 rings (SSSR count). The van der Waals surface area contributed by atoms with Gasteiger partial charge in [0, 0.05) is 24.9 Å². The van der Waals surface area contributed by atoms with E-state index in [1.807, 2.05) is 47.0 Å². The molecule has 0 atom stereocenters. The molecule has 0 aliphatic rings. The number of carbonyl (C=O) groups excluding carboxylic acids is 1. The summed E-state index contributed by atoms with van der Waals surface area (Å²) in [4.78, 5) is 29.7. The van der Waals surface area contributed by atoms with Crippen LogP contribution in [-0.2, 0) is 13.0 Å². The van der Waals surface area contributed by atoms with Gasteiger partial charge < -0.3 is 10.3 Å². The minimum Gasteiger partial charge on any atom is -0.382 e. The van der Waals surface area contributed by atoms with Gasteiger partial charge in [-0.1, -0.05) is 18.2 Å². The number of hydrogen-bond acceptors (Lipinski definition) is 6. The lowest BCUT2D eigenvalue weighted by Gasteiger charge is -2.10. The molecule has 8 nitrogen and oxygen atoms in total. The van der Waals surface area contributed by atoms with Crippen LogP contribution in [0.2, 0.25) is 0 Å². The quantitative estimate of drug-likeness (QED) is 0.496. The summed E-state index contributed by atoms with van der Waals surface area (Å²) in [6.45, 7) is 0.604. The van der Waals surface area contributed by atoms with E-state index in [1.54, 1.807) is 6.20 Å². The van der Waals surface area contributed by atoms with E-state index < -0.39 is 5.91 Å². The zero-order valence-corrected chi connectivity index (χ0v) is 16.3. The average Bonchev–Trinajstić information content (AvgIpc) is 3.06. The Labute approximate surface area is 169 Å². The maximum absolute atomic E-state index is 12.7. The fraction of sp³-hybridized carbons (Fsp3) is 0.105. The number of amides is 1. The molecule has 0 saturated carbocycles. The Kier molecular flexibility index (Phi) is 4.98. The first-order valence-corrected chi connectivity index (χ1v) is 9.35. The first-order chi connectivity index (χ1) is 13.6.